The van der Waals surface area contributed by atoms with Crippen molar-refractivity contribution in [2.45, 2.75) is 26.7 Å². The van der Waals surface area contributed by atoms with Gasteiger partial charge < -0.3 is 4.74 Å². The highest BCUT2D eigenvalue weighted by Gasteiger charge is 2.10. The lowest BCUT2D eigenvalue weighted by Gasteiger charge is -2.08. The Balaban J connectivity index is 2.83. The molecule has 0 saturated carbocycles. The molecule has 0 radical (unpaired) electrons. The summed E-state index contributed by atoms with van der Waals surface area (Å²) in [6.45, 7) is 3.38. The second-order valence-electron chi connectivity index (χ2n) is 3.91. The van der Waals surface area contributed by atoms with Gasteiger partial charge in [0.05, 0.1) is 13.5 Å². The maximum Gasteiger partial charge on any atom is 0.144 e. The quantitative estimate of drug-likeness (QED) is 0.714. The Bertz CT molecular complexity index is 408. The van der Waals surface area contributed by atoms with Crippen LogP contribution in [0.15, 0.2) is 18.2 Å². The molecule has 0 atom stereocenters. The Morgan fingerprint density at radius 3 is 2.56 bits per heavy atom. The van der Waals surface area contributed by atoms with Crippen LogP contribution in [0.5, 0.6) is 5.75 Å². The summed E-state index contributed by atoms with van der Waals surface area (Å²) >= 11 is 0. The topological polar surface area (TPSA) is 43.4 Å². The van der Waals surface area contributed by atoms with Crippen LogP contribution >= 0.6 is 0 Å². The third-order valence-electron chi connectivity index (χ3n) is 2.27. The van der Waals surface area contributed by atoms with E-state index in [-0.39, 0.29) is 24.4 Å². The van der Waals surface area contributed by atoms with E-state index in [1.807, 2.05) is 25.1 Å². The molecule has 0 aliphatic heterocycles. The van der Waals surface area contributed by atoms with Crippen LogP contribution in [0.3, 0.4) is 0 Å². The smallest absolute Gasteiger partial charge is 0.144 e. The molecule has 0 N–H and O–H groups in total. The number of Topliss-reactive ketones (excluding diaryl/α,β-unsaturated/α-hetero) is 2. The number of carbonyl (C=O) groups is 2. The highest BCUT2D eigenvalue weighted by molar-refractivity contribution is 5.98. The molecule has 1 aromatic rings. The number of aryl methyl sites for hydroxylation is 1. The largest absolute Gasteiger partial charge is 0.496 e. The van der Waals surface area contributed by atoms with Crippen LogP contribution in [-0.2, 0) is 16.0 Å². The monoisotopic (exact) mass is 220 g/mol. The van der Waals surface area contributed by atoms with Crippen molar-refractivity contribution in [3.05, 3.63) is 29.3 Å². The van der Waals surface area contributed by atoms with E-state index in [0.717, 1.165) is 11.1 Å². The van der Waals surface area contributed by atoms with Gasteiger partial charge >= 0.3 is 0 Å². The van der Waals surface area contributed by atoms with Gasteiger partial charge in [-0.2, -0.15) is 0 Å². The second-order valence-corrected chi connectivity index (χ2v) is 3.91. The minimum Gasteiger partial charge on any atom is -0.496 e. The minimum atomic E-state index is -0.100. The molecule has 0 saturated heterocycles. The second kappa shape index (κ2) is 5.45. The first-order chi connectivity index (χ1) is 7.52. The molecule has 1 rings (SSSR count). The van der Waals surface area contributed by atoms with Crippen LogP contribution in [-0.4, -0.2) is 18.7 Å². The molecule has 1 aromatic carbocycles. The van der Waals surface area contributed by atoms with E-state index in [4.69, 9.17) is 4.74 Å². The Morgan fingerprint density at radius 1 is 1.31 bits per heavy atom. The number of rotatable bonds is 5. The molecule has 0 spiro atoms. The molecule has 0 aliphatic rings. The fourth-order valence-electron chi connectivity index (χ4n) is 1.60. The highest BCUT2D eigenvalue weighted by Crippen LogP contribution is 2.20. The molecule has 0 fully saturated rings. The molecule has 16 heavy (non-hydrogen) atoms. The molecule has 0 amide bonds. The normalized spacial score (nSPS) is 9.94. The summed E-state index contributed by atoms with van der Waals surface area (Å²) in [5.74, 6) is 0.524. The summed E-state index contributed by atoms with van der Waals surface area (Å²) in [6, 6.07) is 5.68. The fourth-order valence-corrected chi connectivity index (χ4v) is 1.60. The summed E-state index contributed by atoms with van der Waals surface area (Å²) in [5, 5.41) is 0. The van der Waals surface area contributed by atoms with Gasteiger partial charge in [0.15, 0.2) is 0 Å². The van der Waals surface area contributed by atoms with E-state index >= 15 is 0 Å². The Hall–Kier alpha value is -1.64. The van der Waals surface area contributed by atoms with Crippen LogP contribution in [0, 0.1) is 6.92 Å². The van der Waals surface area contributed by atoms with Gasteiger partial charge in [-0.15, -0.1) is 0 Å². The molecule has 3 heteroatoms. The van der Waals surface area contributed by atoms with Crippen molar-refractivity contribution in [1.29, 1.82) is 0 Å². The molecule has 3 nitrogen and oxygen atoms in total. The highest BCUT2D eigenvalue weighted by atomic mass is 16.5. The first-order valence-corrected chi connectivity index (χ1v) is 5.17. The van der Waals surface area contributed by atoms with E-state index in [2.05, 4.69) is 0 Å². The molecule has 86 valence electrons. The predicted octanol–water partition coefficient (Wildman–Crippen LogP) is 2.09. The third kappa shape index (κ3) is 3.50. The van der Waals surface area contributed by atoms with E-state index in [9.17, 15) is 9.59 Å². The molecule has 0 aliphatic carbocycles. The van der Waals surface area contributed by atoms with Crippen molar-refractivity contribution in [3.8, 4) is 5.75 Å². The lowest BCUT2D eigenvalue weighted by atomic mass is 10.0. The zero-order valence-corrected chi connectivity index (χ0v) is 9.87. The first-order valence-electron chi connectivity index (χ1n) is 5.17. The SMILES string of the molecule is COc1ccc(C)cc1CC(=O)CC(C)=O. The van der Waals surface area contributed by atoms with E-state index in [1.54, 1.807) is 7.11 Å². The predicted molar refractivity (Wildman–Crippen MR) is 61.7 cm³/mol. The minimum absolute atomic E-state index is 0.00288. The van der Waals surface area contributed by atoms with Gasteiger partial charge in [-0.25, -0.2) is 0 Å². The van der Waals surface area contributed by atoms with E-state index in [1.165, 1.54) is 6.92 Å². The molecule has 0 bridgehead atoms. The summed E-state index contributed by atoms with van der Waals surface area (Å²) in [7, 11) is 1.57. The van der Waals surface area contributed by atoms with Gasteiger partial charge in [0, 0.05) is 12.0 Å². The Kier molecular flexibility index (Phi) is 4.23. The average molecular weight is 220 g/mol. The maximum absolute atomic E-state index is 11.5. The van der Waals surface area contributed by atoms with Crippen LogP contribution < -0.4 is 4.74 Å². The van der Waals surface area contributed by atoms with Crippen LogP contribution in [0.4, 0.5) is 0 Å². The lowest BCUT2D eigenvalue weighted by molar-refractivity contribution is -0.125. The number of hydrogen-bond donors (Lipinski definition) is 0. The lowest BCUT2D eigenvalue weighted by Crippen LogP contribution is -2.08. The third-order valence-corrected chi connectivity index (χ3v) is 2.27. The molecule has 0 heterocycles. The summed E-state index contributed by atoms with van der Waals surface area (Å²) in [6.07, 6.45) is 0.252. The number of ether oxygens (including phenoxy) is 1. The van der Waals surface area contributed by atoms with E-state index in [0.29, 0.717) is 5.75 Å². The van der Waals surface area contributed by atoms with E-state index < -0.39 is 0 Å². The van der Waals surface area contributed by atoms with Crippen LogP contribution in [0.2, 0.25) is 0 Å². The van der Waals surface area contributed by atoms with Gasteiger partial charge in [-0.3, -0.25) is 9.59 Å². The van der Waals surface area contributed by atoms with Crippen molar-refractivity contribution in [2.24, 2.45) is 0 Å². The fraction of sp³-hybridized carbons (Fsp3) is 0.385. The zero-order chi connectivity index (χ0) is 12.1. The summed E-state index contributed by atoms with van der Waals surface area (Å²) < 4.78 is 5.17. The number of carbonyl (C=O) groups excluding carboxylic acids is 2. The number of ketones is 2. The van der Waals surface area contributed by atoms with Crippen molar-refractivity contribution < 1.29 is 14.3 Å². The maximum atomic E-state index is 11.5. The van der Waals surface area contributed by atoms with Crippen molar-refractivity contribution in [2.75, 3.05) is 7.11 Å². The summed E-state index contributed by atoms with van der Waals surface area (Å²) in [4.78, 5) is 22.3. The Labute approximate surface area is 95.4 Å². The van der Waals surface area contributed by atoms with Crippen molar-refractivity contribution >= 4 is 11.6 Å². The van der Waals surface area contributed by atoms with Gasteiger partial charge in [0.2, 0.25) is 0 Å². The molecule has 0 unspecified atom stereocenters. The first kappa shape index (κ1) is 12.4. The van der Waals surface area contributed by atoms with Gasteiger partial charge in [0.1, 0.15) is 17.3 Å². The van der Waals surface area contributed by atoms with Crippen molar-refractivity contribution in [1.82, 2.24) is 0 Å². The molecule has 0 aromatic heterocycles. The Morgan fingerprint density at radius 2 is 2.00 bits per heavy atom. The number of benzene rings is 1. The van der Waals surface area contributed by atoms with Gasteiger partial charge in [0.25, 0.3) is 0 Å². The van der Waals surface area contributed by atoms with Crippen LogP contribution in [0.25, 0.3) is 0 Å². The number of methoxy groups -OCH3 is 1. The summed E-state index contributed by atoms with van der Waals surface area (Å²) in [5.41, 5.74) is 1.92. The van der Waals surface area contributed by atoms with Crippen molar-refractivity contribution in [3.63, 3.8) is 0 Å². The standard InChI is InChI=1S/C13H16O3/c1-9-4-5-13(16-3)11(6-9)8-12(15)7-10(2)14/h4-6H,7-8H2,1-3H3. The zero-order valence-electron chi connectivity index (χ0n) is 9.87. The average Bonchev–Trinajstić information content (AvgIpc) is 2.16. The molecular formula is C13H16O3. The molecular weight excluding hydrogens is 204 g/mol. The number of hydrogen-bond acceptors (Lipinski definition) is 3. The van der Waals surface area contributed by atoms with Gasteiger partial charge in [-0.1, -0.05) is 17.7 Å². The van der Waals surface area contributed by atoms with Gasteiger partial charge in [-0.05, 0) is 19.9 Å². The van der Waals surface area contributed by atoms with Crippen LogP contribution in [0.1, 0.15) is 24.5 Å².